The molecule has 0 aliphatic rings. The number of nitrogens with one attached hydrogen (secondary N) is 1. The van der Waals surface area contributed by atoms with Crippen molar-refractivity contribution in [2.24, 2.45) is 0 Å². The Kier molecular flexibility index (Phi) is 4.26. The van der Waals surface area contributed by atoms with E-state index in [2.05, 4.69) is 41.9 Å². The van der Waals surface area contributed by atoms with E-state index in [-0.39, 0.29) is 0 Å². The largest absolute Gasteiger partial charge is 0.324 e. The van der Waals surface area contributed by atoms with Gasteiger partial charge in [-0.3, -0.25) is 0 Å². The van der Waals surface area contributed by atoms with Crippen molar-refractivity contribution < 1.29 is 0 Å². The summed E-state index contributed by atoms with van der Waals surface area (Å²) in [7, 11) is 3.75. The molecule has 2 aromatic heterocycles. The van der Waals surface area contributed by atoms with E-state index in [9.17, 15) is 0 Å². The molecule has 0 aliphatic heterocycles. The number of hydrogen-bond acceptors (Lipinski definition) is 3. The van der Waals surface area contributed by atoms with Crippen LogP contribution in [0.15, 0.2) is 42.5 Å². The van der Waals surface area contributed by atoms with Crippen molar-refractivity contribution in [3.05, 3.63) is 48.0 Å². The van der Waals surface area contributed by atoms with Crippen molar-refractivity contribution in [2.75, 3.05) is 14.1 Å². The Morgan fingerprint density at radius 1 is 1.00 bits per heavy atom. The lowest BCUT2D eigenvalue weighted by Gasteiger charge is -2.02. The normalized spacial score (nSPS) is 11.0. The summed E-state index contributed by atoms with van der Waals surface area (Å²) >= 11 is 0. The van der Waals surface area contributed by atoms with Crippen LogP contribution in [0.2, 0.25) is 0 Å². The molecule has 4 aromatic rings. The molecule has 0 saturated carbocycles. The molecule has 1 N–H and O–H groups in total. The average Bonchev–Trinajstić information content (AvgIpc) is 2.85. The van der Waals surface area contributed by atoms with Crippen LogP contribution < -0.4 is 5.32 Å². The van der Waals surface area contributed by atoms with Crippen molar-refractivity contribution >= 4 is 33.1 Å². The van der Waals surface area contributed by atoms with E-state index >= 15 is 0 Å². The average molecular weight is 306 g/mol. The number of nitrogens with zero attached hydrogens (tertiary/aromatic N) is 3. The summed E-state index contributed by atoms with van der Waals surface area (Å²) in [5, 5.41) is 3.94. The third kappa shape index (κ3) is 2.66. The molecular weight excluding hydrogens is 284 g/mol. The predicted octanol–water partition coefficient (Wildman–Crippen LogP) is 3.90. The molecule has 0 atom stereocenters. The van der Waals surface area contributed by atoms with Crippen LogP contribution in [-0.2, 0) is 6.54 Å². The fourth-order valence-electron chi connectivity index (χ4n) is 2.87. The second-order valence-electron chi connectivity index (χ2n) is 5.65. The van der Waals surface area contributed by atoms with Crippen LogP contribution in [0.4, 0.5) is 0 Å². The molecule has 0 amide bonds. The maximum atomic E-state index is 4.83. The lowest BCUT2D eigenvalue weighted by atomic mass is 10.1. The minimum Gasteiger partial charge on any atom is -0.324 e. The maximum absolute atomic E-state index is 4.83. The molecule has 4 rings (SSSR count). The lowest BCUT2D eigenvalue weighted by Crippen LogP contribution is -1.96. The van der Waals surface area contributed by atoms with E-state index < -0.39 is 0 Å². The van der Waals surface area contributed by atoms with Crippen LogP contribution in [0.3, 0.4) is 0 Å². The van der Waals surface area contributed by atoms with Crippen LogP contribution >= 0.6 is 0 Å². The highest BCUT2D eigenvalue weighted by Gasteiger charge is 2.13. The highest BCUT2D eigenvalue weighted by Crippen LogP contribution is 2.28. The van der Waals surface area contributed by atoms with Gasteiger partial charge in [-0.05, 0) is 52.2 Å². The fraction of sp³-hybridized carbons (Fsp3) is 0.263. The highest BCUT2D eigenvalue weighted by molar-refractivity contribution is 6.06. The van der Waals surface area contributed by atoms with Gasteiger partial charge in [0, 0.05) is 11.9 Å². The molecular formula is C19H22N4. The smallest absolute Gasteiger partial charge is 0.160 e. The first-order valence-electron chi connectivity index (χ1n) is 7.93. The minimum absolute atomic E-state index is 0.899. The summed E-state index contributed by atoms with van der Waals surface area (Å²) in [5.74, 6) is 0. The molecule has 23 heavy (non-hydrogen) atoms. The van der Waals surface area contributed by atoms with E-state index in [4.69, 9.17) is 9.97 Å². The van der Waals surface area contributed by atoms with Gasteiger partial charge in [0.05, 0.1) is 16.6 Å². The monoisotopic (exact) mass is 306 g/mol. The Hall–Kier alpha value is -2.46. The van der Waals surface area contributed by atoms with Gasteiger partial charge in [-0.1, -0.05) is 23.8 Å². The van der Waals surface area contributed by atoms with Crippen LogP contribution in [0.25, 0.3) is 33.1 Å². The molecule has 2 aromatic carbocycles. The lowest BCUT2D eigenvalue weighted by molar-refractivity contribution is 0.817. The van der Waals surface area contributed by atoms with Crippen molar-refractivity contribution in [3.8, 4) is 0 Å². The topological polar surface area (TPSA) is 42.7 Å². The zero-order valence-electron chi connectivity index (χ0n) is 14.1. The van der Waals surface area contributed by atoms with Crippen molar-refractivity contribution in [1.82, 2.24) is 19.9 Å². The van der Waals surface area contributed by atoms with E-state index in [1.807, 2.05) is 38.4 Å². The second-order valence-corrected chi connectivity index (χ2v) is 5.65. The zero-order chi connectivity index (χ0) is 16.4. The van der Waals surface area contributed by atoms with Gasteiger partial charge >= 0.3 is 0 Å². The van der Waals surface area contributed by atoms with E-state index in [0.717, 1.165) is 28.7 Å². The first-order chi connectivity index (χ1) is 11.2. The molecule has 0 aliphatic carbocycles. The van der Waals surface area contributed by atoms with Crippen molar-refractivity contribution in [2.45, 2.75) is 20.4 Å². The molecule has 4 heteroatoms. The van der Waals surface area contributed by atoms with Crippen LogP contribution in [0, 0.1) is 6.92 Å². The van der Waals surface area contributed by atoms with E-state index in [0.29, 0.717) is 0 Å². The number of benzene rings is 2. The molecule has 0 saturated heterocycles. The summed E-state index contributed by atoms with van der Waals surface area (Å²) in [4.78, 5) is 9.65. The van der Waals surface area contributed by atoms with Crippen molar-refractivity contribution in [3.63, 3.8) is 0 Å². The first-order valence-corrected chi connectivity index (χ1v) is 7.93. The van der Waals surface area contributed by atoms with Gasteiger partial charge < -0.3 is 9.88 Å². The van der Waals surface area contributed by atoms with Gasteiger partial charge in [0.1, 0.15) is 5.52 Å². The number of fused-ring (bicyclic) bond motifs is 4. The summed E-state index contributed by atoms with van der Waals surface area (Å²) in [6.45, 7) is 5.16. The van der Waals surface area contributed by atoms with E-state index in [1.54, 1.807) is 0 Å². The Bertz CT molecular complexity index is 969. The molecule has 2 heterocycles. The predicted molar refractivity (Wildman–Crippen MR) is 97.9 cm³/mol. The van der Waals surface area contributed by atoms with Gasteiger partial charge in [-0.25, -0.2) is 9.97 Å². The van der Waals surface area contributed by atoms with Gasteiger partial charge in [-0.15, -0.1) is 0 Å². The SMILES string of the molecule is CCn1c2ccc(C)cc2c2nc3ccccc3nc21.CNC. The molecule has 0 fully saturated rings. The van der Waals surface area contributed by atoms with Crippen LogP contribution in [0.5, 0.6) is 0 Å². The quantitative estimate of drug-likeness (QED) is 0.580. The van der Waals surface area contributed by atoms with Crippen molar-refractivity contribution in [1.29, 1.82) is 0 Å². The molecule has 0 radical (unpaired) electrons. The Labute approximate surface area is 136 Å². The number of aryl methyl sites for hydroxylation is 2. The zero-order valence-corrected chi connectivity index (χ0v) is 14.1. The van der Waals surface area contributed by atoms with Gasteiger partial charge in [-0.2, -0.15) is 0 Å². The summed E-state index contributed by atoms with van der Waals surface area (Å²) in [6.07, 6.45) is 0. The Morgan fingerprint density at radius 2 is 1.65 bits per heavy atom. The second kappa shape index (κ2) is 6.34. The number of para-hydroxylation sites is 2. The molecule has 0 unspecified atom stereocenters. The third-order valence-electron chi connectivity index (χ3n) is 3.82. The van der Waals surface area contributed by atoms with Gasteiger partial charge in [0.2, 0.25) is 0 Å². The third-order valence-corrected chi connectivity index (χ3v) is 3.82. The first kappa shape index (κ1) is 15.4. The van der Waals surface area contributed by atoms with E-state index in [1.165, 1.54) is 16.5 Å². The van der Waals surface area contributed by atoms with Gasteiger partial charge in [0.15, 0.2) is 5.65 Å². The fourth-order valence-corrected chi connectivity index (χ4v) is 2.87. The van der Waals surface area contributed by atoms with Crippen LogP contribution in [-0.4, -0.2) is 28.6 Å². The van der Waals surface area contributed by atoms with Crippen LogP contribution in [0.1, 0.15) is 12.5 Å². The molecule has 4 nitrogen and oxygen atoms in total. The maximum Gasteiger partial charge on any atom is 0.160 e. The summed E-state index contributed by atoms with van der Waals surface area (Å²) in [5.41, 5.74) is 6.35. The number of rotatable bonds is 1. The summed E-state index contributed by atoms with van der Waals surface area (Å²) < 4.78 is 2.24. The summed E-state index contributed by atoms with van der Waals surface area (Å²) in [6, 6.07) is 14.6. The standard InChI is InChI=1S/C17H15N3.C2H7N/c1-3-20-15-9-8-11(2)10-12(15)16-17(20)19-14-7-5-4-6-13(14)18-16;1-3-2/h4-10H,3H2,1-2H3;3H,1-2H3. The molecule has 0 bridgehead atoms. The number of aromatic nitrogens is 3. The Balaban J connectivity index is 0.000000485. The molecule has 118 valence electrons. The number of hydrogen-bond donors (Lipinski definition) is 1. The van der Waals surface area contributed by atoms with Gasteiger partial charge in [0.25, 0.3) is 0 Å². The Morgan fingerprint density at radius 3 is 2.30 bits per heavy atom. The molecule has 0 spiro atoms. The minimum atomic E-state index is 0.899. The highest BCUT2D eigenvalue weighted by atomic mass is 15.1.